The summed E-state index contributed by atoms with van der Waals surface area (Å²) in [6, 6.07) is 9.26. The van der Waals surface area contributed by atoms with Gasteiger partial charge in [0.1, 0.15) is 0 Å². The van der Waals surface area contributed by atoms with E-state index in [2.05, 4.69) is 0 Å². The highest BCUT2D eigenvalue weighted by atomic mass is 35.5. The van der Waals surface area contributed by atoms with Crippen LogP contribution in [0.2, 0.25) is 15.1 Å². The van der Waals surface area contributed by atoms with Gasteiger partial charge in [-0.1, -0.05) is 54.7 Å². The van der Waals surface area contributed by atoms with E-state index in [1.165, 1.54) is 23.1 Å². The zero-order valence-electron chi connectivity index (χ0n) is 17.4. The minimum Gasteiger partial charge on any atom is -0.478 e. The molecule has 1 atom stereocenters. The molecule has 2 aromatic carbocycles. The second-order valence-corrected chi connectivity index (χ2v) is 10.1. The summed E-state index contributed by atoms with van der Waals surface area (Å²) in [6.07, 6.45) is 0.712. The number of rotatable bonds is 3. The third-order valence-electron chi connectivity index (χ3n) is 5.93. The molecule has 1 heterocycles. The Bertz CT molecular complexity index is 1180. The topological polar surface area (TPSA) is 74.7 Å². The van der Waals surface area contributed by atoms with Gasteiger partial charge in [-0.3, -0.25) is 14.5 Å². The summed E-state index contributed by atoms with van der Waals surface area (Å²) in [5, 5.41) is 10.4. The van der Waals surface area contributed by atoms with Gasteiger partial charge in [0.05, 0.1) is 16.3 Å². The van der Waals surface area contributed by atoms with Crippen LogP contribution < -0.4 is 4.90 Å². The van der Waals surface area contributed by atoms with E-state index in [-0.39, 0.29) is 34.4 Å². The predicted molar refractivity (Wildman–Crippen MR) is 125 cm³/mol. The van der Waals surface area contributed by atoms with Gasteiger partial charge in [-0.05, 0) is 47.7 Å². The number of carboxylic acid groups (broad SMARTS) is 1. The van der Waals surface area contributed by atoms with Crippen LogP contribution in [0.15, 0.2) is 47.7 Å². The average molecular weight is 493 g/mol. The van der Waals surface area contributed by atoms with Crippen molar-refractivity contribution in [1.82, 2.24) is 0 Å². The lowest BCUT2D eigenvalue weighted by atomic mass is 9.69. The number of benzene rings is 2. The van der Waals surface area contributed by atoms with Crippen LogP contribution in [-0.2, 0) is 9.59 Å². The number of carbonyl (C=O) groups excluding carboxylic acids is 2. The number of nitrogens with zero attached hydrogens (tertiary/aromatic N) is 1. The van der Waals surface area contributed by atoms with E-state index in [1.807, 2.05) is 13.8 Å². The minimum atomic E-state index is -1.14. The van der Waals surface area contributed by atoms with Crippen LogP contribution in [0.3, 0.4) is 0 Å². The summed E-state index contributed by atoms with van der Waals surface area (Å²) in [4.78, 5) is 39.8. The molecule has 1 N–H and O–H groups in total. The van der Waals surface area contributed by atoms with Crippen molar-refractivity contribution in [2.75, 3.05) is 4.90 Å². The van der Waals surface area contributed by atoms with Crippen LogP contribution in [0.1, 0.15) is 54.9 Å². The van der Waals surface area contributed by atoms with Crippen molar-refractivity contribution in [1.29, 1.82) is 0 Å². The Morgan fingerprint density at radius 3 is 2.31 bits per heavy atom. The van der Waals surface area contributed by atoms with Crippen molar-refractivity contribution in [2.24, 2.45) is 5.41 Å². The standard InChI is InChI=1S/C24H20Cl3NO4/c1-24(2)10-18-22(19(29)11-24)13(21-15(26)4-3-5-16(21)27)9-20(30)28(18)17-8-12(23(31)32)6-7-14(17)25/h3-8,13H,9-11H2,1-2H3,(H,31,32). The number of carboxylic acids is 1. The summed E-state index contributed by atoms with van der Waals surface area (Å²) >= 11 is 19.3. The number of allylic oxidation sites excluding steroid dienone is 2. The van der Waals surface area contributed by atoms with Crippen LogP contribution in [0.4, 0.5) is 5.69 Å². The van der Waals surface area contributed by atoms with E-state index in [0.29, 0.717) is 39.7 Å². The zero-order chi connectivity index (χ0) is 23.4. The van der Waals surface area contributed by atoms with Crippen molar-refractivity contribution in [3.05, 3.63) is 73.9 Å². The number of ketones is 1. The molecule has 4 rings (SSSR count). The number of aromatic carboxylic acids is 1. The number of hydrogen-bond donors (Lipinski definition) is 1. The van der Waals surface area contributed by atoms with Crippen molar-refractivity contribution in [3.63, 3.8) is 0 Å². The second kappa shape index (κ2) is 8.22. The molecule has 1 unspecified atom stereocenters. The molecule has 5 nitrogen and oxygen atoms in total. The summed E-state index contributed by atoms with van der Waals surface area (Å²) < 4.78 is 0. The number of Topliss-reactive ketones (excluding diaryl/α,β-unsaturated/α-hetero) is 1. The van der Waals surface area contributed by atoms with Crippen molar-refractivity contribution < 1.29 is 19.5 Å². The Labute approximate surface area is 200 Å². The molecular formula is C24H20Cl3NO4. The van der Waals surface area contributed by atoms with Gasteiger partial charge in [-0.25, -0.2) is 4.79 Å². The third kappa shape index (κ3) is 3.94. The monoisotopic (exact) mass is 491 g/mol. The summed E-state index contributed by atoms with van der Waals surface area (Å²) in [5.74, 6) is -2.11. The molecule has 166 valence electrons. The maximum absolute atomic E-state index is 13.5. The van der Waals surface area contributed by atoms with E-state index in [4.69, 9.17) is 34.8 Å². The predicted octanol–water partition coefficient (Wildman–Crippen LogP) is 6.51. The van der Waals surface area contributed by atoms with Crippen LogP contribution in [0.5, 0.6) is 0 Å². The number of halogens is 3. The van der Waals surface area contributed by atoms with Crippen molar-refractivity contribution in [2.45, 2.75) is 39.0 Å². The molecule has 1 aliphatic carbocycles. The van der Waals surface area contributed by atoms with Gasteiger partial charge < -0.3 is 5.11 Å². The van der Waals surface area contributed by atoms with Gasteiger partial charge in [0.2, 0.25) is 5.91 Å². The first-order valence-electron chi connectivity index (χ1n) is 10.1. The molecule has 32 heavy (non-hydrogen) atoms. The van der Waals surface area contributed by atoms with E-state index >= 15 is 0 Å². The SMILES string of the molecule is CC1(C)CC(=O)C2=C(C1)N(c1cc(C(=O)O)ccc1Cl)C(=O)CC2c1c(Cl)cccc1Cl. The minimum absolute atomic E-state index is 0.00276. The molecule has 0 radical (unpaired) electrons. The van der Waals surface area contributed by atoms with Gasteiger partial charge >= 0.3 is 5.97 Å². The van der Waals surface area contributed by atoms with Gasteiger partial charge in [-0.15, -0.1) is 0 Å². The molecule has 1 amide bonds. The van der Waals surface area contributed by atoms with Crippen LogP contribution in [-0.4, -0.2) is 22.8 Å². The molecular weight excluding hydrogens is 473 g/mol. The molecule has 2 aliphatic rings. The fourth-order valence-corrected chi connectivity index (χ4v) is 5.47. The molecule has 0 fully saturated rings. The quantitative estimate of drug-likeness (QED) is 0.530. The Balaban J connectivity index is 1.98. The molecule has 0 spiro atoms. The van der Waals surface area contributed by atoms with E-state index in [0.717, 1.165) is 0 Å². The van der Waals surface area contributed by atoms with Gasteiger partial charge in [0.25, 0.3) is 0 Å². The number of carbonyl (C=O) groups is 3. The molecule has 1 aliphatic heterocycles. The summed E-state index contributed by atoms with van der Waals surface area (Å²) in [6.45, 7) is 3.91. The molecule has 0 aromatic heterocycles. The molecule has 8 heteroatoms. The Morgan fingerprint density at radius 1 is 1.03 bits per heavy atom. The van der Waals surface area contributed by atoms with Crippen LogP contribution >= 0.6 is 34.8 Å². The average Bonchev–Trinajstić information content (AvgIpc) is 2.67. The first kappa shape index (κ1) is 22.8. The molecule has 0 saturated heterocycles. The Kier molecular flexibility index (Phi) is 5.86. The van der Waals surface area contributed by atoms with Crippen molar-refractivity contribution >= 4 is 58.1 Å². The number of amides is 1. The lowest BCUT2D eigenvalue weighted by Gasteiger charge is -2.43. The largest absolute Gasteiger partial charge is 0.478 e. The maximum Gasteiger partial charge on any atom is 0.335 e. The fraction of sp³-hybridized carbons (Fsp3) is 0.292. The second-order valence-electron chi connectivity index (χ2n) is 8.89. The molecule has 0 saturated carbocycles. The smallest absolute Gasteiger partial charge is 0.335 e. The van der Waals surface area contributed by atoms with E-state index in [1.54, 1.807) is 18.2 Å². The number of hydrogen-bond acceptors (Lipinski definition) is 3. The highest BCUT2D eigenvalue weighted by Crippen LogP contribution is 2.51. The third-order valence-corrected chi connectivity index (χ3v) is 6.90. The lowest BCUT2D eigenvalue weighted by molar-refractivity contribution is -0.121. The zero-order valence-corrected chi connectivity index (χ0v) is 19.7. The first-order chi connectivity index (χ1) is 15.0. The normalized spacial score (nSPS) is 20.4. The Morgan fingerprint density at radius 2 is 1.69 bits per heavy atom. The van der Waals surface area contributed by atoms with Gasteiger partial charge in [0, 0.05) is 40.1 Å². The maximum atomic E-state index is 13.5. The molecule has 2 aromatic rings. The summed E-state index contributed by atoms with van der Waals surface area (Å²) in [7, 11) is 0. The Hall–Kier alpha value is -2.34. The highest BCUT2D eigenvalue weighted by molar-refractivity contribution is 6.36. The first-order valence-corrected chi connectivity index (χ1v) is 11.2. The highest BCUT2D eigenvalue weighted by Gasteiger charge is 2.45. The van der Waals surface area contributed by atoms with Crippen molar-refractivity contribution in [3.8, 4) is 0 Å². The van der Waals surface area contributed by atoms with Crippen LogP contribution in [0.25, 0.3) is 0 Å². The van der Waals surface area contributed by atoms with Gasteiger partial charge in [-0.2, -0.15) is 0 Å². The fourth-order valence-electron chi connectivity index (χ4n) is 4.60. The van der Waals surface area contributed by atoms with E-state index in [9.17, 15) is 19.5 Å². The molecule has 0 bridgehead atoms. The van der Waals surface area contributed by atoms with Gasteiger partial charge in [0.15, 0.2) is 5.78 Å². The van der Waals surface area contributed by atoms with E-state index < -0.39 is 17.3 Å². The summed E-state index contributed by atoms with van der Waals surface area (Å²) in [5.41, 5.74) is 1.41. The lowest BCUT2D eigenvalue weighted by Crippen LogP contribution is -2.44. The number of anilines is 1. The van der Waals surface area contributed by atoms with Crippen LogP contribution in [0, 0.1) is 5.41 Å².